The van der Waals surface area contributed by atoms with Crippen LogP contribution in [0.25, 0.3) is 33.3 Å². The highest BCUT2D eigenvalue weighted by atomic mass is 35.5. The molecule has 0 fully saturated rings. The van der Waals surface area contributed by atoms with Crippen molar-refractivity contribution in [2.45, 2.75) is 20.0 Å². The van der Waals surface area contributed by atoms with Crippen LogP contribution in [-0.4, -0.2) is 44.1 Å². The van der Waals surface area contributed by atoms with Gasteiger partial charge in [0.2, 0.25) is 0 Å². The SMILES string of the molecule is CCOC(=O)CNCc1ccc(-c2ccc3nnn(Cc4ccc5ncccc5c4)c3n2)cc1Cl. The van der Waals surface area contributed by atoms with Crippen LogP contribution in [0.1, 0.15) is 18.1 Å². The lowest BCUT2D eigenvalue weighted by atomic mass is 10.1. The van der Waals surface area contributed by atoms with Gasteiger partial charge in [-0.05, 0) is 54.4 Å². The molecule has 1 N–H and O–H groups in total. The van der Waals surface area contributed by atoms with Gasteiger partial charge in [-0.1, -0.05) is 41.1 Å². The topological polar surface area (TPSA) is 94.8 Å². The van der Waals surface area contributed by atoms with E-state index in [1.807, 2.05) is 54.6 Å². The van der Waals surface area contributed by atoms with Crippen molar-refractivity contribution in [2.75, 3.05) is 13.2 Å². The third-order valence-corrected chi connectivity index (χ3v) is 5.95. The summed E-state index contributed by atoms with van der Waals surface area (Å²) < 4.78 is 6.72. The van der Waals surface area contributed by atoms with Crippen molar-refractivity contribution in [3.05, 3.63) is 83.0 Å². The first-order valence-corrected chi connectivity index (χ1v) is 11.7. The van der Waals surface area contributed by atoms with Gasteiger partial charge in [0, 0.05) is 28.7 Å². The van der Waals surface area contributed by atoms with Crippen molar-refractivity contribution in [1.82, 2.24) is 30.3 Å². The van der Waals surface area contributed by atoms with Gasteiger partial charge in [-0.25, -0.2) is 9.67 Å². The number of aromatic nitrogens is 5. The maximum Gasteiger partial charge on any atom is 0.319 e. The van der Waals surface area contributed by atoms with Gasteiger partial charge in [-0.3, -0.25) is 9.78 Å². The quantitative estimate of drug-likeness (QED) is 0.325. The number of fused-ring (bicyclic) bond motifs is 2. The largest absolute Gasteiger partial charge is 0.465 e. The number of pyridine rings is 2. The molecule has 0 radical (unpaired) electrons. The second kappa shape index (κ2) is 10.2. The molecule has 35 heavy (non-hydrogen) atoms. The Hall–Kier alpha value is -3.88. The fourth-order valence-electron chi connectivity index (χ4n) is 3.88. The molecule has 9 heteroatoms. The van der Waals surface area contributed by atoms with Crippen LogP contribution in [0.2, 0.25) is 5.02 Å². The number of rotatable bonds is 8. The van der Waals surface area contributed by atoms with Crippen molar-refractivity contribution in [3.8, 4) is 11.3 Å². The van der Waals surface area contributed by atoms with Crippen molar-refractivity contribution >= 4 is 39.6 Å². The van der Waals surface area contributed by atoms with Crippen molar-refractivity contribution < 1.29 is 9.53 Å². The number of nitrogens with one attached hydrogen (secondary N) is 1. The minimum Gasteiger partial charge on any atom is -0.465 e. The first-order chi connectivity index (χ1) is 17.1. The first kappa shape index (κ1) is 22.9. The lowest BCUT2D eigenvalue weighted by molar-refractivity contribution is -0.142. The Balaban J connectivity index is 1.36. The molecule has 0 saturated heterocycles. The van der Waals surface area contributed by atoms with Crippen LogP contribution in [0.15, 0.2) is 66.9 Å². The molecular weight excluding hydrogens is 464 g/mol. The molecular formula is C26H23ClN6O2. The molecule has 5 rings (SSSR count). The summed E-state index contributed by atoms with van der Waals surface area (Å²) in [4.78, 5) is 20.7. The summed E-state index contributed by atoms with van der Waals surface area (Å²) in [7, 11) is 0. The molecule has 0 bridgehead atoms. The molecule has 2 aromatic carbocycles. The van der Waals surface area contributed by atoms with Gasteiger partial charge in [0.25, 0.3) is 0 Å². The van der Waals surface area contributed by atoms with Crippen LogP contribution in [0.4, 0.5) is 0 Å². The summed E-state index contributed by atoms with van der Waals surface area (Å²) >= 11 is 6.52. The first-order valence-electron chi connectivity index (χ1n) is 11.3. The minimum absolute atomic E-state index is 0.134. The van der Waals surface area contributed by atoms with E-state index in [4.69, 9.17) is 21.3 Å². The number of carbonyl (C=O) groups excluding carboxylic acids is 1. The molecule has 0 saturated carbocycles. The Morgan fingerprint density at radius 2 is 1.97 bits per heavy atom. The van der Waals surface area contributed by atoms with Crippen LogP contribution >= 0.6 is 11.6 Å². The summed E-state index contributed by atoms with van der Waals surface area (Å²) in [6.07, 6.45) is 1.79. The van der Waals surface area contributed by atoms with Crippen molar-refractivity contribution in [1.29, 1.82) is 0 Å². The van der Waals surface area contributed by atoms with Gasteiger partial charge in [0.1, 0.15) is 5.52 Å². The van der Waals surface area contributed by atoms with E-state index in [0.29, 0.717) is 30.4 Å². The molecule has 0 aliphatic heterocycles. The molecule has 0 aliphatic rings. The van der Waals surface area contributed by atoms with Crippen LogP contribution in [-0.2, 0) is 22.6 Å². The number of halogens is 1. The fourth-order valence-corrected chi connectivity index (χ4v) is 4.13. The maximum absolute atomic E-state index is 11.5. The summed E-state index contributed by atoms with van der Waals surface area (Å²) in [6.45, 7) is 3.28. The lowest BCUT2D eigenvalue weighted by Gasteiger charge is -2.09. The predicted molar refractivity (Wildman–Crippen MR) is 135 cm³/mol. The van der Waals surface area contributed by atoms with Crippen LogP contribution in [0, 0.1) is 0 Å². The highest BCUT2D eigenvalue weighted by molar-refractivity contribution is 6.31. The van der Waals surface area contributed by atoms with Crippen molar-refractivity contribution in [2.24, 2.45) is 0 Å². The number of ether oxygens (including phenoxy) is 1. The Kier molecular flexibility index (Phi) is 6.65. The van der Waals surface area contributed by atoms with Crippen LogP contribution < -0.4 is 5.32 Å². The zero-order valence-electron chi connectivity index (χ0n) is 19.1. The number of hydrogen-bond donors (Lipinski definition) is 1. The smallest absolute Gasteiger partial charge is 0.319 e. The summed E-state index contributed by atoms with van der Waals surface area (Å²) in [5.74, 6) is -0.289. The van der Waals surface area contributed by atoms with E-state index in [1.54, 1.807) is 17.8 Å². The average molecular weight is 487 g/mol. The maximum atomic E-state index is 11.5. The van der Waals surface area contributed by atoms with Gasteiger partial charge in [0.05, 0.1) is 30.9 Å². The number of benzene rings is 2. The molecule has 0 unspecified atom stereocenters. The molecule has 0 amide bonds. The Bertz CT molecular complexity index is 1520. The van der Waals surface area contributed by atoms with E-state index >= 15 is 0 Å². The third kappa shape index (κ3) is 5.13. The van der Waals surface area contributed by atoms with E-state index in [-0.39, 0.29) is 12.5 Å². The fraction of sp³-hybridized carbons (Fsp3) is 0.192. The van der Waals surface area contributed by atoms with E-state index < -0.39 is 0 Å². The summed E-state index contributed by atoms with van der Waals surface area (Å²) in [5.41, 5.74) is 6.02. The van der Waals surface area contributed by atoms with Crippen LogP contribution in [0.5, 0.6) is 0 Å². The van der Waals surface area contributed by atoms with E-state index in [1.165, 1.54) is 0 Å². The predicted octanol–water partition coefficient (Wildman–Crippen LogP) is 4.40. The van der Waals surface area contributed by atoms with Crippen LogP contribution in [0.3, 0.4) is 0 Å². The molecule has 176 valence electrons. The average Bonchev–Trinajstić information content (AvgIpc) is 3.27. The van der Waals surface area contributed by atoms with Gasteiger partial charge in [0.15, 0.2) is 5.65 Å². The highest BCUT2D eigenvalue weighted by Crippen LogP contribution is 2.26. The highest BCUT2D eigenvalue weighted by Gasteiger charge is 2.11. The molecule has 8 nitrogen and oxygen atoms in total. The number of hydrogen-bond acceptors (Lipinski definition) is 7. The minimum atomic E-state index is -0.289. The molecule has 5 aromatic rings. The summed E-state index contributed by atoms with van der Waals surface area (Å²) in [5, 5.41) is 13.3. The van der Waals surface area contributed by atoms with Gasteiger partial charge in [-0.15, -0.1) is 5.10 Å². The standard InChI is InChI=1S/C26H23ClN6O2/c1-2-35-25(34)15-28-14-20-7-6-19(13-21(20)27)23-9-10-24-26(30-23)33(32-31-24)16-17-5-8-22-18(12-17)4-3-11-29-22/h3-13,28H,2,14-16H2,1H3. The van der Waals surface area contributed by atoms with E-state index in [2.05, 4.69) is 26.7 Å². The molecule has 0 atom stereocenters. The van der Waals surface area contributed by atoms with Gasteiger partial charge >= 0.3 is 5.97 Å². The van der Waals surface area contributed by atoms with Crippen molar-refractivity contribution in [3.63, 3.8) is 0 Å². The molecule has 3 heterocycles. The monoisotopic (exact) mass is 486 g/mol. The molecule has 0 aliphatic carbocycles. The number of nitrogens with zero attached hydrogens (tertiary/aromatic N) is 5. The normalized spacial score (nSPS) is 11.3. The van der Waals surface area contributed by atoms with E-state index in [9.17, 15) is 4.79 Å². The van der Waals surface area contributed by atoms with Gasteiger partial charge < -0.3 is 10.1 Å². The second-order valence-electron chi connectivity index (χ2n) is 8.03. The van der Waals surface area contributed by atoms with E-state index in [0.717, 1.165) is 38.8 Å². The molecule has 0 spiro atoms. The third-order valence-electron chi connectivity index (χ3n) is 5.60. The van der Waals surface area contributed by atoms with Gasteiger partial charge in [-0.2, -0.15) is 0 Å². The number of carbonyl (C=O) groups is 1. The summed E-state index contributed by atoms with van der Waals surface area (Å²) in [6, 6.07) is 19.7. The molecule has 3 aromatic heterocycles. The zero-order chi connectivity index (χ0) is 24.2. The lowest BCUT2D eigenvalue weighted by Crippen LogP contribution is -2.24. The second-order valence-corrected chi connectivity index (χ2v) is 8.44. The Labute approximate surface area is 206 Å². The number of esters is 1. The Morgan fingerprint density at radius 3 is 2.83 bits per heavy atom. The zero-order valence-corrected chi connectivity index (χ0v) is 19.9. The Morgan fingerprint density at radius 1 is 1.09 bits per heavy atom.